The van der Waals surface area contributed by atoms with Crippen molar-refractivity contribution in [3.8, 4) is 34.5 Å². The van der Waals surface area contributed by atoms with E-state index in [1.54, 1.807) is 0 Å². The van der Waals surface area contributed by atoms with Crippen LogP contribution in [-0.4, -0.2) is 0 Å². The van der Waals surface area contributed by atoms with Crippen molar-refractivity contribution in [2.24, 2.45) is 53.3 Å². The topological polar surface area (TPSA) is 106 Å². The Balaban J connectivity index is 1.20. The molecule has 0 spiro atoms. The fourth-order valence-corrected chi connectivity index (χ4v) is 18.2. The molecule has 12 aliphatic carbocycles. The largest absolute Gasteiger partial charge is 0.456 e. The van der Waals surface area contributed by atoms with Gasteiger partial charge in [-0.2, -0.15) is 0 Å². The first-order chi connectivity index (χ1) is 30.4. The van der Waals surface area contributed by atoms with E-state index in [-0.39, 0.29) is 16.2 Å². The first-order valence-electron chi connectivity index (χ1n) is 25.3. The number of hydrogen-bond acceptors (Lipinski definition) is 6. The van der Waals surface area contributed by atoms with Crippen LogP contribution in [0.1, 0.15) is 149 Å². The Labute approximate surface area is 375 Å². The minimum absolute atomic E-state index is 0.0679. The lowest BCUT2D eigenvalue weighted by molar-refractivity contribution is -0.0152. The SMILES string of the molecule is Cc1c(N)cccc1Oc1c(C23CC4CC(CC(C4)C2)C3)c(Oc2cccc(N)c2C)c(C23CC4CC(CC(C4)C2)C3)c(Oc2cccc(N)c2C)c1C12CC3CC(CC(C3)C1)C2. The van der Waals surface area contributed by atoms with Gasteiger partial charge in [-0.15, -0.1) is 0 Å². The fourth-order valence-electron chi connectivity index (χ4n) is 18.2. The van der Waals surface area contributed by atoms with Crippen LogP contribution in [0, 0.1) is 74.0 Å². The molecule has 0 aromatic heterocycles. The van der Waals surface area contributed by atoms with Crippen LogP contribution in [0.5, 0.6) is 34.5 Å². The minimum atomic E-state index is -0.0679. The summed E-state index contributed by atoms with van der Waals surface area (Å²) in [5.74, 6) is 12.3. The van der Waals surface area contributed by atoms with Gasteiger partial charge in [-0.25, -0.2) is 0 Å². The third-order valence-corrected chi connectivity index (χ3v) is 19.7. The fraction of sp³-hybridized carbons (Fsp3) is 0.579. The van der Waals surface area contributed by atoms with Crippen LogP contribution in [0.4, 0.5) is 17.1 Å². The summed E-state index contributed by atoms with van der Waals surface area (Å²) in [6.45, 7) is 6.43. The molecular formula is C57H69N3O3. The van der Waals surface area contributed by atoms with Crippen molar-refractivity contribution in [1.29, 1.82) is 0 Å². The highest BCUT2D eigenvalue weighted by Gasteiger charge is 2.62. The summed E-state index contributed by atoms with van der Waals surface area (Å²) < 4.78 is 23.9. The summed E-state index contributed by atoms with van der Waals surface area (Å²) in [5, 5.41) is 0. The zero-order valence-electron chi connectivity index (χ0n) is 38.1. The Morgan fingerprint density at radius 2 is 0.556 bits per heavy atom. The van der Waals surface area contributed by atoms with E-state index in [4.69, 9.17) is 31.4 Å². The summed E-state index contributed by atoms with van der Waals surface area (Å²) in [5.41, 5.74) is 29.6. The van der Waals surface area contributed by atoms with E-state index in [1.807, 2.05) is 18.2 Å². The van der Waals surface area contributed by atoms with Crippen molar-refractivity contribution in [2.45, 2.75) is 153 Å². The molecule has 12 bridgehead atoms. The molecule has 6 heteroatoms. The van der Waals surface area contributed by atoms with Crippen LogP contribution in [0.15, 0.2) is 54.6 Å². The van der Waals surface area contributed by atoms with E-state index in [0.717, 1.165) is 122 Å². The van der Waals surface area contributed by atoms with Crippen LogP contribution < -0.4 is 31.4 Å². The lowest BCUT2D eigenvalue weighted by atomic mass is 9.44. The zero-order chi connectivity index (χ0) is 42.6. The van der Waals surface area contributed by atoms with Gasteiger partial charge in [0.25, 0.3) is 0 Å². The van der Waals surface area contributed by atoms with E-state index in [9.17, 15) is 0 Å². The number of rotatable bonds is 9. The van der Waals surface area contributed by atoms with Crippen molar-refractivity contribution in [1.82, 2.24) is 0 Å². The number of nitrogens with two attached hydrogens (primary N) is 3. The molecule has 4 aromatic carbocycles. The number of ether oxygens (including phenoxy) is 3. The first-order valence-corrected chi connectivity index (χ1v) is 25.3. The van der Waals surface area contributed by atoms with Crippen LogP contribution in [0.2, 0.25) is 0 Å². The Morgan fingerprint density at radius 3 is 0.762 bits per heavy atom. The molecule has 0 unspecified atom stereocenters. The van der Waals surface area contributed by atoms with Crippen molar-refractivity contribution < 1.29 is 14.2 Å². The van der Waals surface area contributed by atoms with Gasteiger partial charge in [0.15, 0.2) is 0 Å². The van der Waals surface area contributed by atoms with E-state index in [2.05, 4.69) is 57.2 Å². The molecule has 0 heterocycles. The van der Waals surface area contributed by atoms with E-state index < -0.39 is 0 Å². The van der Waals surface area contributed by atoms with E-state index in [0.29, 0.717) is 0 Å². The lowest BCUT2D eigenvalue weighted by Gasteiger charge is -2.61. The number of hydrogen-bond donors (Lipinski definition) is 3. The Morgan fingerprint density at radius 1 is 0.349 bits per heavy atom. The molecular weight excluding hydrogens is 775 g/mol. The van der Waals surface area contributed by atoms with Gasteiger partial charge < -0.3 is 31.4 Å². The van der Waals surface area contributed by atoms with Gasteiger partial charge >= 0.3 is 0 Å². The molecule has 0 radical (unpaired) electrons. The van der Waals surface area contributed by atoms with Gasteiger partial charge in [0.1, 0.15) is 34.5 Å². The predicted octanol–water partition coefficient (Wildman–Crippen LogP) is 14.1. The number of nitrogen functional groups attached to an aromatic ring is 3. The molecule has 6 N–H and O–H groups in total. The molecule has 0 atom stereocenters. The van der Waals surface area contributed by atoms with E-state index in [1.165, 1.54) is 132 Å². The number of anilines is 3. The predicted molar refractivity (Wildman–Crippen MR) is 253 cm³/mol. The van der Waals surface area contributed by atoms with Crippen LogP contribution >= 0.6 is 0 Å². The van der Waals surface area contributed by atoms with Gasteiger partial charge in [-0.05, 0) is 226 Å². The highest BCUT2D eigenvalue weighted by molar-refractivity contribution is 5.73. The molecule has 12 saturated carbocycles. The molecule has 4 aromatic rings. The minimum Gasteiger partial charge on any atom is -0.456 e. The molecule has 12 aliphatic rings. The smallest absolute Gasteiger partial charge is 0.142 e. The average Bonchev–Trinajstić information content (AvgIpc) is 3.21. The molecule has 12 fully saturated rings. The second-order valence-electron chi connectivity index (χ2n) is 23.9. The summed E-state index contributed by atoms with van der Waals surface area (Å²) >= 11 is 0. The van der Waals surface area contributed by atoms with E-state index >= 15 is 0 Å². The molecule has 0 amide bonds. The summed E-state index contributed by atoms with van der Waals surface area (Å²) in [4.78, 5) is 0. The van der Waals surface area contributed by atoms with Crippen LogP contribution in [-0.2, 0) is 16.2 Å². The average molecular weight is 844 g/mol. The lowest BCUT2D eigenvalue weighted by Crippen LogP contribution is -2.52. The monoisotopic (exact) mass is 844 g/mol. The molecule has 63 heavy (non-hydrogen) atoms. The molecule has 330 valence electrons. The second kappa shape index (κ2) is 13.8. The maximum absolute atomic E-state index is 7.98. The van der Waals surface area contributed by atoms with Crippen LogP contribution in [0.3, 0.4) is 0 Å². The molecule has 16 rings (SSSR count). The maximum Gasteiger partial charge on any atom is 0.142 e. The highest BCUT2D eigenvalue weighted by Crippen LogP contribution is 2.73. The first kappa shape index (κ1) is 39.1. The van der Waals surface area contributed by atoms with Crippen molar-refractivity contribution >= 4 is 17.1 Å². The van der Waals surface area contributed by atoms with Gasteiger partial charge in [0, 0.05) is 66.7 Å². The maximum atomic E-state index is 7.98. The normalized spacial score (nSPS) is 37.5. The number of benzene rings is 4. The van der Waals surface area contributed by atoms with Gasteiger partial charge in [0.2, 0.25) is 0 Å². The third-order valence-electron chi connectivity index (χ3n) is 19.7. The molecule has 0 saturated heterocycles. The zero-order valence-corrected chi connectivity index (χ0v) is 38.1. The molecule has 6 nitrogen and oxygen atoms in total. The van der Waals surface area contributed by atoms with Crippen LogP contribution in [0.25, 0.3) is 0 Å². The van der Waals surface area contributed by atoms with Crippen molar-refractivity contribution in [3.63, 3.8) is 0 Å². The van der Waals surface area contributed by atoms with Gasteiger partial charge in [-0.1, -0.05) is 18.2 Å². The molecule has 0 aliphatic heterocycles. The Bertz CT molecular complexity index is 2130. The second-order valence-corrected chi connectivity index (χ2v) is 23.9. The summed E-state index contributed by atoms with van der Waals surface area (Å²) in [6, 6.07) is 18.8. The van der Waals surface area contributed by atoms with Gasteiger partial charge in [-0.3, -0.25) is 0 Å². The van der Waals surface area contributed by atoms with Crippen molar-refractivity contribution in [2.75, 3.05) is 17.2 Å². The van der Waals surface area contributed by atoms with Crippen molar-refractivity contribution in [3.05, 3.63) is 88.0 Å². The Hall–Kier alpha value is -4.32. The Kier molecular flexibility index (Phi) is 8.59. The standard InChI is InChI=1S/C57H69N3O3/c1-31-43(58)7-4-10-46(31)61-52-49(55-22-34-13-35(23-55)15-36(14-34)24-55)53(62-47-11-5-8-44(59)32(47)2)51(57-28-40-19-41(29-57)21-42(20-40)30-57)54(63-48-12-6-9-45(60)33(48)3)50(52)56-25-37-16-38(26-56)18-39(17-37)27-56/h4-12,34-42H,13-30,58-60H2,1-3H3. The quantitative estimate of drug-likeness (QED) is 0.145. The highest BCUT2D eigenvalue weighted by atomic mass is 16.5. The summed E-state index contributed by atoms with van der Waals surface area (Å²) in [6.07, 6.45) is 23.1. The summed E-state index contributed by atoms with van der Waals surface area (Å²) in [7, 11) is 0. The van der Waals surface area contributed by atoms with Gasteiger partial charge in [0.05, 0.1) is 0 Å². The third kappa shape index (κ3) is 6.00.